The molecule has 0 aromatic carbocycles. The van der Waals surface area contributed by atoms with E-state index < -0.39 is 0 Å². The smallest absolute Gasteiger partial charge is 0.0246 e. The zero-order valence-electron chi connectivity index (χ0n) is 9.50. The quantitative estimate of drug-likeness (QED) is 0.535. The molecule has 0 spiro atoms. The van der Waals surface area contributed by atoms with Gasteiger partial charge in [0.15, 0.2) is 0 Å². The molecule has 14 heavy (non-hydrogen) atoms. The van der Waals surface area contributed by atoms with E-state index in [9.17, 15) is 0 Å². The van der Waals surface area contributed by atoms with Crippen molar-refractivity contribution in [3.05, 3.63) is 0 Å². The molecule has 3 unspecified atom stereocenters. The molecule has 2 heteroatoms. The molecule has 2 nitrogen and oxygen atoms in total. The summed E-state index contributed by atoms with van der Waals surface area (Å²) in [7, 11) is 0. The van der Waals surface area contributed by atoms with Crippen molar-refractivity contribution in [2.45, 2.75) is 52.0 Å². The molecule has 0 radical (unpaired) electrons. The van der Waals surface area contributed by atoms with E-state index in [0.29, 0.717) is 6.04 Å². The number of nitrogens with one attached hydrogen (secondary N) is 1. The van der Waals surface area contributed by atoms with Crippen LogP contribution < -0.4 is 11.3 Å². The standard InChI is InChI=1S/C12H24N2/c1-8(2)7-11(14-13)12-9-5-3-4-6-10(9)12/h8-12,14H,3-7,13H2,1-2H3. The fourth-order valence-corrected chi connectivity index (χ4v) is 3.49. The Morgan fingerprint density at radius 1 is 1.21 bits per heavy atom. The summed E-state index contributed by atoms with van der Waals surface area (Å²) in [5.74, 6) is 9.37. The van der Waals surface area contributed by atoms with Gasteiger partial charge in [-0.05, 0) is 42.9 Å². The number of hydrogen-bond acceptors (Lipinski definition) is 2. The highest BCUT2D eigenvalue weighted by Gasteiger charge is 2.53. The monoisotopic (exact) mass is 196 g/mol. The van der Waals surface area contributed by atoms with Crippen LogP contribution in [0, 0.1) is 23.7 Å². The normalized spacial score (nSPS) is 38.1. The Bertz CT molecular complexity index is 179. The van der Waals surface area contributed by atoms with Crippen LogP contribution in [0.15, 0.2) is 0 Å². The summed E-state index contributed by atoms with van der Waals surface area (Å²) in [6, 6.07) is 0.586. The highest BCUT2D eigenvalue weighted by atomic mass is 15.2. The Kier molecular flexibility index (Phi) is 3.13. The van der Waals surface area contributed by atoms with Crippen LogP contribution in [0.1, 0.15) is 46.0 Å². The van der Waals surface area contributed by atoms with E-state index in [-0.39, 0.29) is 0 Å². The van der Waals surface area contributed by atoms with Crippen LogP contribution in [0.3, 0.4) is 0 Å². The number of rotatable bonds is 4. The van der Waals surface area contributed by atoms with E-state index in [0.717, 1.165) is 23.7 Å². The fourth-order valence-electron chi connectivity index (χ4n) is 3.49. The summed E-state index contributed by atoms with van der Waals surface area (Å²) in [5, 5.41) is 0. The predicted molar refractivity (Wildman–Crippen MR) is 59.5 cm³/mol. The van der Waals surface area contributed by atoms with Crippen LogP contribution in [0.4, 0.5) is 0 Å². The summed E-state index contributed by atoms with van der Waals surface area (Å²) in [5.41, 5.74) is 3.05. The van der Waals surface area contributed by atoms with Gasteiger partial charge in [0.05, 0.1) is 0 Å². The van der Waals surface area contributed by atoms with Crippen molar-refractivity contribution in [2.75, 3.05) is 0 Å². The van der Waals surface area contributed by atoms with Gasteiger partial charge in [-0.15, -0.1) is 0 Å². The summed E-state index contributed by atoms with van der Waals surface area (Å²) in [4.78, 5) is 0. The molecule has 0 heterocycles. The second-order valence-corrected chi connectivity index (χ2v) is 5.59. The van der Waals surface area contributed by atoms with Gasteiger partial charge in [0.2, 0.25) is 0 Å². The highest BCUT2D eigenvalue weighted by molar-refractivity contribution is 5.04. The third kappa shape index (κ3) is 1.96. The van der Waals surface area contributed by atoms with Crippen molar-refractivity contribution in [1.82, 2.24) is 5.43 Å². The predicted octanol–water partition coefficient (Wildman–Crippen LogP) is 2.30. The molecule has 82 valence electrons. The van der Waals surface area contributed by atoms with Crippen molar-refractivity contribution < 1.29 is 0 Å². The molecule has 3 atom stereocenters. The topological polar surface area (TPSA) is 38.0 Å². The van der Waals surface area contributed by atoms with E-state index in [1.807, 2.05) is 0 Å². The lowest BCUT2D eigenvalue weighted by Crippen LogP contribution is -2.38. The van der Waals surface area contributed by atoms with E-state index in [4.69, 9.17) is 5.84 Å². The Balaban J connectivity index is 1.87. The first-order valence-electron chi connectivity index (χ1n) is 6.20. The van der Waals surface area contributed by atoms with Gasteiger partial charge >= 0.3 is 0 Å². The van der Waals surface area contributed by atoms with Crippen LogP contribution in [0.2, 0.25) is 0 Å². The van der Waals surface area contributed by atoms with Gasteiger partial charge in [-0.25, -0.2) is 0 Å². The second kappa shape index (κ2) is 4.19. The average molecular weight is 196 g/mol. The lowest BCUT2D eigenvalue weighted by molar-refractivity contribution is 0.367. The van der Waals surface area contributed by atoms with Gasteiger partial charge in [0, 0.05) is 6.04 Å². The van der Waals surface area contributed by atoms with Gasteiger partial charge in [0.1, 0.15) is 0 Å². The van der Waals surface area contributed by atoms with Gasteiger partial charge in [-0.1, -0.05) is 26.7 Å². The summed E-state index contributed by atoms with van der Waals surface area (Å²) < 4.78 is 0. The maximum absolute atomic E-state index is 5.67. The SMILES string of the molecule is CC(C)CC(NN)C1C2CCCCC21. The molecule has 0 aromatic heterocycles. The number of fused-ring (bicyclic) bond motifs is 1. The Hall–Kier alpha value is -0.0800. The average Bonchev–Trinajstić information content (AvgIpc) is 2.88. The highest BCUT2D eigenvalue weighted by Crippen LogP contribution is 2.57. The third-order valence-electron chi connectivity index (χ3n) is 4.13. The van der Waals surface area contributed by atoms with Gasteiger partial charge in [0.25, 0.3) is 0 Å². The Morgan fingerprint density at radius 2 is 1.79 bits per heavy atom. The lowest BCUT2D eigenvalue weighted by atomic mass is 9.98. The molecule has 2 aliphatic rings. The maximum atomic E-state index is 5.67. The van der Waals surface area contributed by atoms with Crippen molar-refractivity contribution >= 4 is 0 Å². The molecule has 0 saturated heterocycles. The minimum absolute atomic E-state index is 0.586. The fraction of sp³-hybridized carbons (Fsp3) is 1.00. The second-order valence-electron chi connectivity index (χ2n) is 5.59. The molecule has 0 amide bonds. The Labute approximate surface area is 87.6 Å². The Morgan fingerprint density at radius 3 is 2.21 bits per heavy atom. The van der Waals surface area contributed by atoms with Crippen LogP contribution in [0.25, 0.3) is 0 Å². The lowest BCUT2D eigenvalue weighted by Gasteiger charge is -2.18. The molecule has 2 saturated carbocycles. The molecular weight excluding hydrogens is 172 g/mol. The van der Waals surface area contributed by atoms with E-state index >= 15 is 0 Å². The maximum Gasteiger partial charge on any atom is 0.0246 e. The molecule has 0 bridgehead atoms. The number of hydrazine groups is 1. The zero-order chi connectivity index (χ0) is 10.1. The van der Waals surface area contributed by atoms with Crippen molar-refractivity contribution in [2.24, 2.45) is 29.5 Å². The molecule has 2 aliphatic carbocycles. The number of hydrogen-bond donors (Lipinski definition) is 2. The third-order valence-corrected chi connectivity index (χ3v) is 4.13. The van der Waals surface area contributed by atoms with Crippen molar-refractivity contribution in [1.29, 1.82) is 0 Å². The van der Waals surface area contributed by atoms with Gasteiger partial charge in [-0.3, -0.25) is 11.3 Å². The van der Waals surface area contributed by atoms with Crippen LogP contribution >= 0.6 is 0 Å². The van der Waals surface area contributed by atoms with Gasteiger partial charge < -0.3 is 0 Å². The van der Waals surface area contributed by atoms with E-state index in [1.54, 1.807) is 0 Å². The minimum atomic E-state index is 0.586. The zero-order valence-corrected chi connectivity index (χ0v) is 9.50. The minimum Gasteiger partial charge on any atom is -0.271 e. The van der Waals surface area contributed by atoms with E-state index in [1.165, 1.54) is 32.1 Å². The van der Waals surface area contributed by atoms with Crippen molar-refractivity contribution in [3.63, 3.8) is 0 Å². The van der Waals surface area contributed by atoms with Crippen LogP contribution in [-0.2, 0) is 0 Å². The van der Waals surface area contributed by atoms with Crippen molar-refractivity contribution in [3.8, 4) is 0 Å². The largest absolute Gasteiger partial charge is 0.271 e. The molecule has 2 rings (SSSR count). The summed E-state index contributed by atoms with van der Waals surface area (Å²) in [6.07, 6.45) is 7.08. The molecule has 3 N–H and O–H groups in total. The summed E-state index contributed by atoms with van der Waals surface area (Å²) >= 11 is 0. The molecule has 2 fully saturated rings. The molecule has 0 aromatic rings. The first-order chi connectivity index (χ1) is 6.74. The van der Waals surface area contributed by atoms with Crippen LogP contribution in [0.5, 0.6) is 0 Å². The number of nitrogens with two attached hydrogens (primary N) is 1. The molecular formula is C12H24N2. The first kappa shape index (κ1) is 10.4. The molecule has 0 aliphatic heterocycles. The van der Waals surface area contributed by atoms with E-state index in [2.05, 4.69) is 19.3 Å². The first-order valence-corrected chi connectivity index (χ1v) is 6.20. The summed E-state index contributed by atoms with van der Waals surface area (Å²) in [6.45, 7) is 4.58. The van der Waals surface area contributed by atoms with Crippen LogP contribution in [-0.4, -0.2) is 6.04 Å². The van der Waals surface area contributed by atoms with Gasteiger partial charge in [-0.2, -0.15) is 0 Å².